The van der Waals surface area contributed by atoms with Gasteiger partial charge in [-0.15, -0.1) is 0 Å². The van der Waals surface area contributed by atoms with Crippen molar-refractivity contribution in [3.05, 3.63) is 0 Å². The number of methoxy groups -OCH3 is 1. The van der Waals surface area contributed by atoms with E-state index in [0.717, 1.165) is 64.3 Å². The molecule has 0 aliphatic heterocycles. The van der Waals surface area contributed by atoms with Gasteiger partial charge in [-0.2, -0.15) is 0 Å². The molecule has 15 nitrogen and oxygen atoms in total. The van der Waals surface area contributed by atoms with Crippen molar-refractivity contribution in [1.29, 1.82) is 0 Å². The molecule has 0 aliphatic rings. The summed E-state index contributed by atoms with van der Waals surface area (Å²) in [4.78, 5) is 64.6. The van der Waals surface area contributed by atoms with Crippen molar-refractivity contribution in [2.75, 3.05) is 74.0 Å². The molecule has 0 saturated carbocycles. The van der Waals surface area contributed by atoms with Gasteiger partial charge in [-0.05, 0) is 59.0 Å². The third-order valence-corrected chi connectivity index (χ3v) is 12.1. The van der Waals surface area contributed by atoms with Crippen molar-refractivity contribution < 1.29 is 66.6 Å². The maximum absolute atomic E-state index is 13.1. The molecule has 0 N–H and O–H groups in total. The second kappa shape index (κ2) is 50.8. The van der Waals surface area contributed by atoms with Gasteiger partial charge in [0.2, 0.25) is 0 Å². The standard InChI is InChI=1S/C55H103NO14/c1-7-10-13-16-19-20-21-22-23-28-34-49(70-55(61)65-43-33-40-56(4)5)39-44-66-54(60)69-47-48(45-67-51(58)36-30-25-24-29-35-50(57)62-6)46-68-52(59)37-38-53(63-41-31-26-17-14-11-8-2)64-42-32-27-18-15-12-9-3/h48-49,53H,7-47H2,1-6H3. The molecule has 0 bridgehead atoms. The number of hydrogen-bond acceptors (Lipinski definition) is 15. The molecule has 0 spiro atoms. The number of unbranched alkanes of at least 4 members (excludes halogenated alkanes) is 22. The summed E-state index contributed by atoms with van der Waals surface area (Å²) in [5.74, 6) is -1.80. The molecule has 0 aromatic rings. The lowest BCUT2D eigenvalue weighted by molar-refractivity contribution is -0.161. The van der Waals surface area contributed by atoms with Crippen LogP contribution in [0.5, 0.6) is 0 Å². The molecule has 15 heteroatoms. The number of rotatable bonds is 51. The summed E-state index contributed by atoms with van der Waals surface area (Å²) in [7, 11) is 5.27. The van der Waals surface area contributed by atoms with Crippen LogP contribution in [-0.4, -0.2) is 122 Å². The lowest BCUT2D eigenvalue weighted by Crippen LogP contribution is -2.27. The van der Waals surface area contributed by atoms with E-state index in [2.05, 4.69) is 25.5 Å². The number of esters is 3. The maximum Gasteiger partial charge on any atom is 0.508 e. The number of ether oxygens (including phenoxy) is 9. The summed E-state index contributed by atoms with van der Waals surface area (Å²) >= 11 is 0. The van der Waals surface area contributed by atoms with Gasteiger partial charge < -0.3 is 47.5 Å². The van der Waals surface area contributed by atoms with Crippen LogP contribution in [0.25, 0.3) is 0 Å². The Bertz CT molecular complexity index is 1220. The van der Waals surface area contributed by atoms with Crippen LogP contribution in [0, 0.1) is 5.92 Å². The fraction of sp³-hybridized carbons (Fsp3) is 0.909. The molecule has 2 unspecified atom stereocenters. The van der Waals surface area contributed by atoms with Crippen LogP contribution in [0.15, 0.2) is 0 Å². The third-order valence-electron chi connectivity index (χ3n) is 12.1. The SMILES string of the molecule is CCCCCCCCCCCCC(CCOC(=O)OCC(COC(=O)CCCCCCC(=O)OC)COC(=O)CCC(OCCCCCCCC)OCCCCCCCC)OC(=O)OCCCN(C)C. The maximum atomic E-state index is 13.1. The van der Waals surface area contributed by atoms with E-state index in [1.165, 1.54) is 103 Å². The number of carbonyl (C=O) groups is 5. The van der Waals surface area contributed by atoms with E-state index in [1.54, 1.807) is 0 Å². The van der Waals surface area contributed by atoms with Gasteiger partial charge in [0.25, 0.3) is 0 Å². The fourth-order valence-electron chi connectivity index (χ4n) is 7.68. The molecule has 0 rings (SSSR count). The van der Waals surface area contributed by atoms with Crippen molar-refractivity contribution >= 4 is 30.2 Å². The number of hydrogen-bond donors (Lipinski definition) is 0. The molecule has 0 heterocycles. The molecule has 412 valence electrons. The topological polar surface area (TPSA) is 172 Å². The lowest BCUT2D eigenvalue weighted by atomic mass is 10.0. The molecule has 70 heavy (non-hydrogen) atoms. The second-order valence-corrected chi connectivity index (χ2v) is 19.1. The third kappa shape index (κ3) is 47.2. The van der Waals surface area contributed by atoms with Gasteiger partial charge in [0.15, 0.2) is 6.29 Å². The zero-order chi connectivity index (χ0) is 51.6. The summed E-state index contributed by atoms with van der Waals surface area (Å²) in [6.45, 7) is 8.22. The quantitative estimate of drug-likeness (QED) is 0.0244. The van der Waals surface area contributed by atoms with Gasteiger partial charge in [0.1, 0.15) is 25.9 Å². The van der Waals surface area contributed by atoms with Crippen LogP contribution in [0.2, 0.25) is 0 Å². The minimum atomic E-state index is -0.938. The highest BCUT2D eigenvalue weighted by Gasteiger charge is 2.21. The molecule has 0 aliphatic carbocycles. The zero-order valence-corrected chi connectivity index (χ0v) is 45.4. The van der Waals surface area contributed by atoms with Crippen LogP contribution >= 0.6 is 0 Å². The van der Waals surface area contributed by atoms with Crippen molar-refractivity contribution in [1.82, 2.24) is 4.90 Å². The molecule has 0 aromatic heterocycles. The van der Waals surface area contributed by atoms with Crippen molar-refractivity contribution in [3.8, 4) is 0 Å². The minimum Gasteiger partial charge on any atom is -0.469 e. The monoisotopic (exact) mass is 1000 g/mol. The first-order chi connectivity index (χ1) is 34.0. The van der Waals surface area contributed by atoms with E-state index >= 15 is 0 Å². The van der Waals surface area contributed by atoms with Gasteiger partial charge in [-0.25, -0.2) is 9.59 Å². The van der Waals surface area contributed by atoms with Gasteiger partial charge in [0.05, 0.1) is 32.7 Å². The molecule has 0 amide bonds. The van der Waals surface area contributed by atoms with Gasteiger partial charge >= 0.3 is 30.2 Å². The predicted octanol–water partition coefficient (Wildman–Crippen LogP) is 13.4. The first kappa shape index (κ1) is 66.8. The molecule has 2 atom stereocenters. The number of nitrogens with zero attached hydrogens (tertiary/aromatic N) is 1. The second-order valence-electron chi connectivity index (χ2n) is 19.1. The molecule has 0 radical (unpaired) electrons. The van der Waals surface area contributed by atoms with Gasteiger partial charge in [-0.1, -0.05) is 156 Å². The largest absolute Gasteiger partial charge is 0.508 e. The Kier molecular flexibility index (Phi) is 48.5. The van der Waals surface area contributed by atoms with Crippen LogP contribution in [-0.2, 0) is 57.0 Å². The van der Waals surface area contributed by atoms with Crippen LogP contribution in [0.1, 0.15) is 233 Å². The van der Waals surface area contributed by atoms with Crippen molar-refractivity contribution in [2.45, 2.75) is 245 Å². The summed E-state index contributed by atoms with van der Waals surface area (Å²) < 4.78 is 49.9. The van der Waals surface area contributed by atoms with E-state index in [0.29, 0.717) is 51.7 Å². The molecule has 0 fully saturated rings. The van der Waals surface area contributed by atoms with Gasteiger partial charge in [-0.3, -0.25) is 14.4 Å². The van der Waals surface area contributed by atoms with E-state index in [9.17, 15) is 24.0 Å². The van der Waals surface area contributed by atoms with Crippen LogP contribution < -0.4 is 0 Å². The summed E-state index contributed by atoms with van der Waals surface area (Å²) in [6.07, 6.45) is 28.1. The Morgan fingerprint density at radius 3 is 1.36 bits per heavy atom. The lowest BCUT2D eigenvalue weighted by Gasteiger charge is -2.20. The first-order valence-electron chi connectivity index (χ1n) is 27.9. The van der Waals surface area contributed by atoms with Crippen molar-refractivity contribution in [2.24, 2.45) is 5.92 Å². The Balaban J connectivity index is 5.35. The zero-order valence-electron chi connectivity index (χ0n) is 45.4. The molecule has 0 aromatic carbocycles. The smallest absolute Gasteiger partial charge is 0.469 e. The normalized spacial score (nSPS) is 12.2. The summed E-state index contributed by atoms with van der Waals surface area (Å²) in [6, 6.07) is 0. The fourth-order valence-corrected chi connectivity index (χ4v) is 7.68. The summed E-state index contributed by atoms with van der Waals surface area (Å²) in [5.41, 5.74) is 0. The molecule has 0 saturated heterocycles. The minimum absolute atomic E-state index is 0.0491. The average molecular weight is 1000 g/mol. The highest BCUT2D eigenvalue weighted by atomic mass is 16.7. The Morgan fingerprint density at radius 1 is 0.400 bits per heavy atom. The van der Waals surface area contributed by atoms with E-state index in [1.807, 2.05) is 19.0 Å². The highest BCUT2D eigenvalue weighted by molar-refractivity contribution is 5.70. The van der Waals surface area contributed by atoms with Crippen LogP contribution in [0.4, 0.5) is 9.59 Å². The highest BCUT2D eigenvalue weighted by Crippen LogP contribution is 2.17. The van der Waals surface area contributed by atoms with E-state index < -0.39 is 42.6 Å². The summed E-state index contributed by atoms with van der Waals surface area (Å²) in [5, 5.41) is 0. The molecular weight excluding hydrogens is 899 g/mol. The Morgan fingerprint density at radius 2 is 0.843 bits per heavy atom. The van der Waals surface area contributed by atoms with E-state index in [-0.39, 0.29) is 58.3 Å². The van der Waals surface area contributed by atoms with E-state index in [4.69, 9.17) is 37.9 Å². The Hall–Kier alpha value is -3.17. The van der Waals surface area contributed by atoms with Gasteiger partial charge in [0, 0.05) is 45.4 Å². The Labute approximate surface area is 425 Å². The van der Waals surface area contributed by atoms with Crippen LogP contribution in [0.3, 0.4) is 0 Å². The predicted molar refractivity (Wildman–Crippen MR) is 275 cm³/mol. The first-order valence-corrected chi connectivity index (χ1v) is 27.9. The van der Waals surface area contributed by atoms with Crippen molar-refractivity contribution in [3.63, 3.8) is 0 Å². The average Bonchev–Trinajstić information content (AvgIpc) is 3.34. The number of carbonyl (C=O) groups excluding carboxylic acids is 5. The molecular formula is C55H103NO14.